The molecule has 8 nitrogen and oxygen atoms in total. The first-order valence-corrected chi connectivity index (χ1v) is 9.50. The predicted octanol–water partition coefficient (Wildman–Crippen LogP) is 1.04. The molecule has 2 N–H and O–H groups in total. The summed E-state index contributed by atoms with van der Waals surface area (Å²) in [5.41, 5.74) is 1.02. The van der Waals surface area contributed by atoms with Gasteiger partial charge in [-0.25, -0.2) is 4.98 Å². The first-order valence-electron chi connectivity index (χ1n) is 9.50. The van der Waals surface area contributed by atoms with E-state index in [4.69, 9.17) is 9.47 Å². The average molecular weight is 386 g/mol. The van der Waals surface area contributed by atoms with Gasteiger partial charge >= 0.3 is 0 Å². The highest BCUT2D eigenvalue weighted by atomic mass is 16.5. The summed E-state index contributed by atoms with van der Waals surface area (Å²) in [7, 11) is 0. The van der Waals surface area contributed by atoms with Gasteiger partial charge in [0.2, 0.25) is 11.9 Å². The number of aryl methyl sites for hydroxylation is 1. The molecular weight excluding hydrogens is 360 g/mol. The Balaban J connectivity index is 1.45. The SMILES string of the molecule is Cc1nc(N2CCOCC2)[nH]c(=O)c1CCC(=O)NCCOc1ccccc1. The highest BCUT2D eigenvalue weighted by Crippen LogP contribution is 2.11. The summed E-state index contributed by atoms with van der Waals surface area (Å²) in [5.74, 6) is 1.22. The smallest absolute Gasteiger partial charge is 0.255 e. The Morgan fingerprint density at radius 2 is 2.04 bits per heavy atom. The van der Waals surface area contributed by atoms with Crippen molar-refractivity contribution in [2.45, 2.75) is 19.8 Å². The van der Waals surface area contributed by atoms with Crippen LogP contribution in [0.3, 0.4) is 0 Å². The van der Waals surface area contributed by atoms with Crippen molar-refractivity contribution in [3.63, 3.8) is 0 Å². The molecule has 2 heterocycles. The summed E-state index contributed by atoms with van der Waals surface area (Å²) in [6.45, 7) is 5.27. The van der Waals surface area contributed by atoms with Crippen LogP contribution in [0.1, 0.15) is 17.7 Å². The van der Waals surface area contributed by atoms with Crippen molar-refractivity contribution in [1.82, 2.24) is 15.3 Å². The largest absolute Gasteiger partial charge is 0.492 e. The topological polar surface area (TPSA) is 96.6 Å². The molecule has 3 rings (SSSR count). The number of rotatable bonds is 8. The van der Waals surface area contributed by atoms with Crippen LogP contribution in [0.25, 0.3) is 0 Å². The van der Waals surface area contributed by atoms with Crippen molar-refractivity contribution in [1.29, 1.82) is 0 Å². The number of carbonyl (C=O) groups excluding carboxylic acids is 1. The van der Waals surface area contributed by atoms with Crippen molar-refractivity contribution in [2.75, 3.05) is 44.4 Å². The van der Waals surface area contributed by atoms with Crippen LogP contribution >= 0.6 is 0 Å². The Kier molecular flexibility index (Phi) is 7.02. The molecule has 0 radical (unpaired) electrons. The van der Waals surface area contributed by atoms with E-state index in [1.165, 1.54) is 0 Å². The minimum Gasteiger partial charge on any atom is -0.492 e. The summed E-state index contributed by atoms with van der Waals surface area (Å²) < 4.78 is 10.9. The van der Waals surface area contributed by atoms with Crippen molar-refractivity contribution in [2.24, 2.45) is 0 Å². The van der Waals surface area contributed by atoms with E-state index in [1.807, 2.05) is 35.2 Å². The number of anilines is 1. The number of aromatic amines is 1. The Bertz CT molecular complexity index is 832. The number of aromatic nitrogens is 2. The fraction of sp³-hybridized carbons (Fsp3) is 0.450. The molecule has 1 aliphatic heterocycles. The number of amides is 1. The molecular formula is C20H26N4O4. The highest BCUT2D eigenvalue weighted by Gasteiger charge is 2.16. The molecule has 150 valence electrons. The van der Waals surface area contributed by atoms with Crippen LogP contribution in [-0.4, -0.2) is 55.3 Å². The third kappa shape index (κ3) is 5.56. The normalized spacial score (nSPS) is 14.0. The van der Waals surface area contributed by atoms with Crippen LogP contribution in [0.4, 0.5) is 5.95 Å². The number of ether oxygens (including phenoxy) is 2. The molecule has 28 heavy (non-hydrogen) atoms. The summed E-state index contributed by atoms with van der Waals surface area (Å²) in [5, 5.41) is 2.81. The van der Waals surface area contributed by atoms with E-state index in [0.29, 0.717) is 63.1 Å². The van der Waals surface area contributed by atoms with E-state index in [0.717, 1.165) is 5.75 Å². The lowest BCUT2D eigenvalue weighted by molar-refractivity contribution is -0.121. The van der Waals surface area contributed by atoms with Gasteiger partial charge in [0.05, 0.1) is 19.8 Å². The maximum Gasteiger partial charge on any atom is 0.255 e. The van der Waals surface area contributed by atoms with Crippen molar-refractivity contribution < 1.29 is 14.3 Å². The fourth-order valence-electron chi connectivity index (χ4n) is 3.02. The summed E-state index contributed by atoms with van der Waals surface area (Å²) >= 11 is 0. The van der Waals surface area contributed by atoms with Crippen LogP contribution in [0.5, 0.6) is 5.75 Å². The Hall–Kier alpha value is -2.87. The molecule has 1 aromatic heterocycles. The minimum absolute atomic E-state index is 0.118. The number of hydrogen-bond donors (Lipinski definition) is 2. The number of H-pyrrole nitrogens is 1. The average Bonchev–Trinajstić information content (AvgIpc) is 2.72. The van der Waals surface area contributed by atoms with E-state index in [2.05, 4.69) is 15.3 Å². The Morgan fingerprint density at radius 1 is 1.29 bits per heavy atom. The van der Waals surface area contributed by atoms with Crippen LogP contribution in [0.2, 0.25) is 0 Å². The van der Waals surface area contributed by atoms with E-state index < -0.39 is 0 Å². The predicted molar refractivity (Wildman–Crippen MR) is 106 cm³/mol. The van der Waals surface area contributed by atoms with Crippen LogP contribution in [-0.2, 0) is 16.0 Å². The molecule has 2 aromatic rings. The van der Waals surface area contributed by atoms with E-state index >= 15 is 0 Å². The molecule has 8 heteroatoms. The number of benzene rings is 1. The number of hydrogen-bond acceptors (Lipinski definition) is 6. The van der Waals surface area contributed by atoms with Gasteiger partial charge in [0, 0.05) is 30.8 Å². The lowest BCUT2D eigenvalue weighted by Gasteiger charge is -2.27. The van der Waals surface area contributed by atoms with E-state index in [9.17, 15) is 9.59 Å². The Labute approximate surface area is 163 Å². The molecule has 0 aliphatic carbocycles. The first-order chi connectivity index (χ1) is 13.6. The van der Waals surface area contributed by atoms with Gasteiger partial charge in [0.15, 0.2) is 0 Å². The minimum atomic E-state index is -0.186. The number of nitrogens with zero attached hydrogens (tertiary/aromatic N) is 2. The second-order valence-corrected chi connectivity index (χ2v) is 6.56. The maximum atomic E-state index is 12.4. The zero-order valence-corrected chi connectivity index (χ0v) is 16.1. The van der Waals surface area contributed by atoms with Gasteiger partial charge in [-0.15, -0.1) is 0 Å². The molecule has 0 bridgehead atoms. The quantitative estimate of drug-likeness (QED) is 0.658. The fourth-order valence-corrected chi connectivity index (χ4v) is 3.02. The second kappa shape index (κ2) is 9.89. The lowest BCUT2D eigenvalue weighted by Crippen LogP contribution is -2.38. The molecule has 0 spiro atoms. The summed E-state index contributed by atoms with van der Waals surface area (Å²) in [6, 6.07) is 9.44. The van der Waals surface area contributed by atoms with Gasteiger partial charge in [-0.05, 0) is 25.5 Å². The molecule has 1 fully saturated rings. The number of carbonyl (C=O) groups is 1. The van der Waals surface area contributed by atoms with Crippen LogP contribution < -0.4 is 20.5 Å². The molecule has 0 saturated carbocycles. The first kappa shape index (κ1) is 19.9. The summed E-state index contributed by atoms with van der Waals surface area (Å²) in [4.78, 5) is 33.8. The lowest BCUT2D eigenvalue weighted by atomic mass is 10.1. The molecule has 1 saturated heterocycles. The van der Waals surface area contributed by atoms with E-state index in [-0.39, 0.29) is 17.9 Å². The van der Waals surface area contributed by atoms with Gasteiger partial charge in [-0.2, -0.15) is 0 Å². The van der Waals surface area contributed by atoms with Crippen LogP contribution in [0.15, 0.2) is 35.1 Å². The van der Waals surface area contributed by atoms with E-state index in [1.54, 1.807) is 6.92 Å². The monoisotopic (exact) mass is 386 g/mol. The standard InChI is InChI=1S/C20H26N4O4/c1-15-17(19(26)23-20(22-15)24-10-13-27-14-11-24)7-8-18(25)21-9-12-28-16-5-3-2-4-6-16/h2-6H,7-14H2,1H3,(H,21,25)(H,22,23,26). The van der Waals surface area contributed by atoms with Crippen molar-refractivity contribution >= 4 is 11.9 Å². The van der Waals surface area contributed by atoms with Crippen molar-refractivity contribution in [3.05, 3.63) is 51.9 Å². The maximum absolute atomic E-state index is 12.4. The van der Waals surface area contributed by atoms with Gasteiger partial charge in [0.25, 0.3) is 5.56 Å². The van der Waals surface area contributed by atoms with Gasteiger partial charge < -0.3 is 19.7 Å². The molecule has 1 aromatic carbocycles. The molecule has 0 unspecified atom stereocenters. The Morgan fingerprint density at radius 3 is 2.75 bits per heavy atom. The molecule has 1 aliphatic rings. The summed E-state index contributed by atoms with van der Waals surface area (Å²) in [6.07, 6.45) is 0.580. The van der Waals surface area contributed by atoms with Gasteiger partial charge in [0.1, 0.15) is 12.4 Å². The number of para-hydroxylation sites is 1. The van der Waals surface area contributed by atoms with Gasteiger partial charge in [-0.1, -0.05) is 18.2 Å². The van der Waals surface area contributed by atoms with Crippen LogP contribution in [0, 0.1) is 6.92 Å². The second-order valence-electron chi connectivity index (χ2n) is 6.56. The zero-order chi connectivity index (χ0) is 19.8. The highest BCUT2D eigenvalue weighted by molar-refractivity contribution is 5.76. The van der Waals surface area contributed by atoms with Gasteiger partial charge in [-0.3, -0.25) is 14.6 Å². The van der Waals surface area contributed by atoms with Crippen molar-refractivity contribution in [3.8, 4) is 5.75 Å². The molecule has 0 atom stereocenters. The number of nitrogens with one attached hydrogen (secondary N) is 2. The zero-order valence-electron chi connectivity index (χ0n) is 16.1. The molecule has 1 amide bonds. The number of morpholine rings is 1. The third-order valence-electron chi connectivity index (χ3n) is 4.56. The third-order valence-corrected chi connectivity index (χ3v) is 4.56.